The Morgan fingerprint density at radius 2 is 1.18 bits per heavy atom. The molecule has 1 aromatic rings. The van der Waals surface area contributed by atoms with Crippen molar-refractivity contribution in [3.8, 4) is 0 Å². The van der Waals surface area contributed by atoms with Crippen molar-refractivity contribution < 1.29 is 4.79 Å². The zero-order valence-electron chi connectivity index (χ0n) is 18.7. The van der Waals surface area contributed by atoms with Gasteiger partial charge in [0.25, 0.3) is 0 Å². The van der Waals surface area contributed by atoms with Crippen LogP contribution in [0.3, 0.4) is 0 Å². The van der Waals surface area contributed by atoms with Crippen LogP contribution in [-0.4, -0.2) is 12.6 Å². The number of hydrogen-bond acceptors (Lipinski definition) is 1. The molecule has 28 heavy (non-hydrogen) atoms. The van der Waals surface area contributed by atoms with Gasteiger partial charge >= 0.3 is 6.03 Å². The predicted molar refractivity (Wildman–Crippen MR) is 123 cm³/mol. The number of anilines is 1. The summed E-state index contributed by atoms with van der Waals surface area (Å²) >= 11 is 0. The molecule has 0 aliphatic rings. The van der Waals surface area contributed by atoms with Gasteiger partial charge in [-0.3, -0.25) is 0 Å². The third-order valence-corrected chi connectivity index (χ3v) is 5.55. The van der Waals surface area contributed by atoms with Crippen LogP contribution in [0.4, 0.5) is 10.5 Å². The molecule has 0 saturated heterocycles. The van der Waals surface area contributed by atoms with Crippen LogP contribution in [0.25, 0.3) is 0 Å². The van der Waals surface area contributed by atoms with Crippen molar-refractivity contribution in [2.45, 2.75) is 111 Å². The number of amides is 2. The Morgan fingerprint density at radius 1 is 0.714 bits per heavy atom. The summed E-state index contributed by atoms with van der Waals surface area (Å²) in [7, 11) is 0. The topological polar surface area (TPSA) is 41.1 Å². The smallest absolute Gasteiger partial charge is 0.319 e. The van der Waals surface area contributed by atoms with Crippen LogP contribution in [0.2, 0.25) is 0 Å². The molecule has 0 aromatic heterocycles. The summed E-state index contributed by atoms with van der Waals surface area (Å²) in [6.07, 6.45) is 17.9. The maximum atomic E-state index is 12.2. The second kappa shape index (κ2) is 16.4. The first-order valence-electron chi connectivity index (χ1n) is 11.9. The molecule has 0 heterocycles. The second-order valence-corrected chi connectivity index (χ2v) is 7.93. The maximum absolute atomic E-state index is 12.2. The lowest BCUT2D eigenvalue weighted by Crippen LogP contribution is -2.30. The molecule has 2 amide bonds. The van der Waals surface area contributed by atoms with E-state index in [2.05, 4.69) is 49.6 Å². The number of unbranched alkanes of at least 4 members (excludes halogenated alkanes) is 11. The van der Waals surface area contributed by atoms with E-state index in [-0.39, 0.29) is 6.03 Å². The van der Waals surface area contributed by atoms with Gasteiger partial charge in [-0.25, -0.2) is 4.79 Å². The van der Waals surface area contributed by atoms with E-state index < -0.39 is 0 Å². The Kier molecular flexibility index (Phi) is 14.4. The van der Waals surface area contributed by atoms with E-state index in [1.54, 1.807) is 0 Å². The first-order valence-corrected chi connectivity index (χ1v) is 11.9. The number of aryl methyl sites for hydroxylation is 2. The Hall–Kier alpha value is -1.51. The van der Waals surface area contributed by atoms with Crippen LogP contribution in [0, 0.1) is 0 Å². The zero-order chi connectivity index (χ0) is 20.5. The highest BCUT2D eigenvalue weighted by Crippen LogP contribution is 2.22. The number of hydrogen-bond donors (Lipinski definition) is 2. The number of para-hydroxylation sites is 1. The van der Waals surface area contributed by atoms with Gasteiger partial charge in [0.05, 0.1) is 0 Å². The molecule has 0 unspecified atom stereocenters. The van der Waals surface area contributed by atoms with Gasteiger partial charge in [0, 0.05) is 12.2 Å². The Morgan fingerprint density at radius 3 is 1.64 bits per heavy atom. The number of rotatable bonds is 16. The number of benzene rings is 1. The molecule has 3 heteroatoms. The molecule has 0 atom stereocenters. The first kappa shape index (κ1) is 24.5. The Balaban J connectivity index is 2.04. The van der Waals surface area contributed by atoms with Gasteiger partial charge in [0.2, 0.25) is 0 Å². The number of urea groups is 1. The van der Waals surface area contributed by atoms with Crippen LogP contribution in [0.1, 0.15) is 109 Å². The van der Waals surface area contributed by atoms with Crippen LogP contribution in [0.5, 0.6) is 0 Å². The van der Waals surface area contributed by atoms with Crippen molar-refractivity contribution in [3.63, 3.8) is 0 Å². The molecule has 3 nitrogen and oxygen atoms in total. The SMILES string of the molecule is CCCCCCCCCCCCCCNC(=O)Nc1c(CC)cccc1CC. The third-order valence-electron chi connectivity index (χ3n) is 5.55. The third kappa shape index (κ3) is 10.7. The lowest BCUT2D eigenvalue weighted by Gasteiger charge is -2.15. The molecule has 0 aliphatic heterocycles. The van der Waals surface area contributed by atoms with E-state index in [1.165, 1.54) is 81.8 Å². The average molecular weight is 389 g/mol. The highest BCUT2D eigenvalue weighted by atomic mass is 16.2. The average Bonchev–Trinajstić information content (AvgIpc) is 2.71. The molecular formula is C25H44N2O. The summed E-state index contributed by atoms with van der Waals surface area (Å²) in [6, 6.07) is 6.20. The molecule has 1 aromatic carbocycles. The van der Waals surface area contributed by atoms with Crippen LogP contribution >= 0.6 is 0 Å². The minimum absolute atomic E-state index is 0.0707. The van der Waals surface area contributed by atoms with Crippen molar-refractivity contribution in [1.29, 1.82) is 0 Å². The highest BCUT2D eigenvalue weighted by Gasteiger charge is 2.09. The molecule has 1 rings (SSSR count). The highest BCUT2D eigenvalue weighted by molar-refractivity contribution is 5.91. The molecular weight excluding hydrogens is 344 g/mol. The van der Waals surface area contributed by atoms with Crippen molar-refractivity contribution in [1.82, 2.24) is 5.32 Å². The molecule has 160 valence electrons. The minimum atomic E-state index is -0.0707. The fraction of sp³-hybridized carbons (Fsp3) is 0.720. The molecule has 0 radical (unpaired) electrons. The van der Waals surface area contributed by atoms with Gasteiger partial charge in [-0.05, 0) is 30.4 Å². The summed E-state index contributed by atoms with van der Waals surface area (Å²) in [6.45, 7) is 7.29. The normalized spacial score (nSPS) is 10.8. The largest absolute Gasteiger partial charge is 0.338 e. The molecule has 0 bridgehead atoms. The predicted octanol–water partition coefficient (Wildman–Crippen LogP) is 7.63. The van der Waals surface area contributed by atoms with E-state index in [1.807, 2.05) is 0 Å². The van der Waals surface area contributed by atoms with Crippen molar-refractivity contribution in [2.75, 3.05) is 11.9 Å². The maximum Gasteiger partial charge on any atom is 0.319 e. The van der Waals surface area contributed by atoms with Crippen molar-refractivity contribution in [2.24, 2.45) is 0 Å². The monoisotopic (exact) mass is 388 g/mol. The molecule has 2 N–H and O–H groups in total. The summed E-state index contributed by atoms with van der Waals surface area (Å²) in [5.41, 5.74) is 3.42. The van der Waals surface area contributed by atoms with Crippen LogP contribution in [-0.2, 0) is 12.8 Å². The van der Waals surface area contributed by atoms with E-state index >= 15 is 0 Å². The standard InChI is InChI=1S/C25H44N2O/c1-4-7-8-9-10-11-12-13-14-15-16-17-21-26-25(28)27-24-22(5-2)19-18-20-23(24)6-3/h18-20H,4-17,21H2,1-3H3,(H2,26,27,28). The van der Waals surface area contributed by atoms with Crippen LogP contribution < -0.4 is 10.6 Å². The van der Waals surface area contributed by atoms with Gasteiger partial charge in [-0.1, -0.05) is 110 Å². The summed E-state index contributed by atoms with van der Waals surface area (Å²) in [4.78, 5) is 12.2. The lowest BCUT2D eigenvalue weighted by atomic mass is 10.0. The van der Waals surface area contributed by atoms with Gasteiger partial charge in [-0.2, -0.15) is 0 Å². The van der Waals surface area contributed by atoms with Gasteiger partial charge in [0.1, 0.15) is 0 Å². The lowest BCUT2D eigenvalue weighted by molar-refractivity contribution is 0.252. The molecule has 0 fully saturated rings. The fourth-order valence-corrected chi connectivity index (χ4v) is 3.73. The summed E-state index contributed by atoms with van der Waals surface area (Å²) < 4.78 is 0. The van der Waals surface area contributed by atoms with E-state index in [9.17, 15) is 4.79 Å². The van der Waals surface area contributed by atoms with Gasteiger partial charge in [-0.15, -0.1) is 0 Å². The van der Waals surface area contributed by atoms with Crippen molar-refractivity contribution in [3.05, 3.63) is 29.3 Å². The molecule has 0 spiro atoms. The first-order chi connectivity index (χ1) is 13.7. The second-order valence-electron chi connectivity index (χ2n) is 7.93. The fourth-order valence-electron chi connectivity index (χ4n) is 3.73. The van der Waals surface area contributed by atoms with E-state index in [0.29, 0.717) is 0 Å². The van der Waals surface area contributed by atoms with Crippen LogP contribution in [0.15, 0.2) is 18.2 Å². The number of carbonyl (C=O) groups is 1. The number of nitrogens with one attached hydrogen (secondary N) is 2. The minimum Gasteiger partial charge on any atom is -0.338 e. The Labute approximate surface area is 174 Å². The van der Waals surface area contributed by atoms with Gasteiger partial charge in [0.15, 0.2) is 0 Å². The zero-order valence-corrected chi connectivity index (χ0v) is 18.7. The summed E-state index contributed by atoms with van der Waals surface area (Å²) in [5.74, 6) is 0. The van der Waals surface area contributed by atoms with Crippen molar-refractivity contribution >= 4 is 11.7 Å². The van der Waals surface area contributed by atoms with Gasteiger partial charge < -0.3 is 10.6 Å². The quantitative estimate of drug-likeness (QED) is 0.281. The summed E-state index contributed by atoms with van der Waals surface area (Å²) in [5, 5.41) is 6.09. The van der Waals surface area contributed by atoms with E-state index in [0.717, 1.165) is 31.5 Å². The van der Waals surface area contributed by atoms with E-state index in [4.69, 9.17) is 0 Å². The number of carbonyl (C=O) groups excluding carboxylic acids is 1. The molecule has 0 aliphatic carbocycles. The Bertz CT molecular complexity index is 505. The molecule has 0 saturated carbocycles.